The van der Waals surface area contributed by atoms with Gasteiger partial charge in [0.1, 0.15) is 6.08 Å². The molecule has 0 bridgehead atoms. The molecule has 15 heavy (non-hydrogen) atoms. The van der Waals surface area contributed by atoms with Crippen molar-refractivity contribution < 1.29 is 9.84 Å². The molecule has 1 saturated carbocycles. The van der Waals surface area contributed by atoms with Crippen molar-refractivity contribution in [3.05, 3.63) is 0 Å². The quantitative estimate of drug-likeness (QED) is 0.517. The van der Waals surface area contributed by atoms with Gasteiger partial charge in [0.15, 0.2) is 0 Å². The molecule has 1 rings (SSSR count). The predicted octanol–water partition coefficient (Wildman–Crippen LogP) is 0.788. The molecule has 0 aromatic rings. The SMILES string of the molecule is CC(C)(C)OC([O-])=NC1CCC(N)CC1. The summed E-state index contributed by atoms with van der Waals surface area (Å²) in [5, 5.41) is 11.4. The van der Waals surface area contributed by atoms with Gasteiger partial charge in [-0.25, -0.2) is 0 Å². The van der Waals surface area contributed by atoms with Gasteiger partial charge in [-0.3, -0.25) is 4.99 Å². The van der Waals surface area contributed by atoms with Crippen LogP contribution in [-0.4, -0.2) is 23.8 Å². The van der Waals surface area contributed by atoms with E-state index in [-0.39, 0.29) is 12.1 Å². The smallest absolute Gasteiger partial charge is 0.146 e. The Hall–Kier alpha value is -0.770. The molecule has 0 spiro atoms. The van der Waals surface area contributed by atoms with Crippen LogP contribution in [0.15, 0.2) is 4.99 Å². The molecule has 1 fully saturated rings. The number of nitrogens with two attached hydrogens (primary N) is 1. The van der Waals surface area contributed by atoms with E-state index >= 15 is 0 Å². The molecule has 1 aliphatic carbocycles. The van der Waals surface area contributed by atoms with Crippen LogP contribution in [0.4, 0.5) is 0 Å². The lowest BCUT2D eigenvalue weighted by molar-refractivity contribution is -0.261. The standard InChI is InChI=1S/C11H22N2O2/c1-11(2,3)15-10(14)13-9-6-4-8(12)5-7-9/h8-9H,4-7,12H2,1-3H3,(H,13,14)/p-1. The number of rotatable bonds is 1. The summed E-state index contributed by atoms with van der Waals surface area (Å²) in [7, 11) is 0. The average Bonchev–Trinajstić information content (AvgIpc) is 2.05. The zero-order valence-electron chi connectivity index (χ0n) is 9.82. The van der Waals surface area contributed by atoms with E-state index in [1.807, 2.05) is 20.8 Å². The summed E-state index contributed by atoms with van der Waals surface area (Å²) in [6, 6.07) is 0.398. The van der Waals surface area contributed by atoms with Crippen molar-refractivity contribution in [2.24, 2.45) is 10.7 Å². The summed E-state index contributed by atoms with van der Waals surface area (Å²) < 4.78 is 5.13. The number of ether oxygens (including phenoxy) is 1. The molecule has 2 N–H and O–H groups in total. The van der Waals surface area contributed by atoms with Crippen LogP contribution in [0.1, 0.15) is 46.5 Å². The largest absolute Gasteiger partial charge is 0.595 e. The summed E-state index contributed by atoms with van der Waals surface area (Å²) in [6.45, 7) is 5.53. The maximum absolute atomic E-state index is 11.4. The predicted molar refractivity (Wildman–Crippen MR) is 58.5 cm³/mol. The average molecular weight is 213 g/mol. The molecule has 4 heteroatoms. The summed E-state index contributed by atoms with van der Waals surface area (Å²) in [5.41, 5.74) is 5.32. The van der Waals surface area contributed by atoms with E-state index in [1.165, 1.54) is 0 Å². The van der Waals surface area contributed by atoms with Crippen LogP contribution in [0, 0.1) is 0 Å². The second-order valence-electron chi connectivity index (χ2n) is 5.18. The Bertz CT molecular complexity index is 225. The van der Waals surface area contributed by atoms with Crippen molar-refractivity contribution in [1.29, 1.82) is 0 Å². The van der Waals surface area contributed by atoms with Crippen molar-refractivity contribution in [1.82, 2.24) is 0 Å². The van der Waals surface area contributed by atoms with Gasteiger partial charge >= 0.3 is 0 Å². The van der Waals surface area contributed by atoms with Crippen molar-refractivity contribution in [2.45, 2.75) is 64.1 Å². The van der Waals surface area contributed by atoms with Crippen molar-refractivity contribution in [2.75, 3.05) is 0 Å². The number of nitrogens with zero attached hydrogens (tertiary/aromatic N) is 1. The van der Waals surface area contributed by atoms with Crippen LogP contribution < -0.4 is 10.8 Å². The van der Waals surface area contributed by atoms with E-state index in [4.69, 9.17) is 10.5 Å². The Morgan fingerprint density at radius 2 is 1.80 bits per heavy atom. The summed E-state index contributed by atoms with van der Waals surface area (Å²) in [5.74, 6) is 0. The molecular weight excluding hydrogens is 192 g/mol. The Labute approximate surface area is 91.5 Å². The highest BCUT2D eigenvalue weighted by atomic mass is 16.6. The third-order valence-corrected chi connectivity index (χ3v) is 2.42. The molecule has 0 atom stereocenters. The minimum absolute atomic E-state index is 0.111. The van der Waals surface area contributed by atoms with Gasteiger partial charge in [-0.05, 0) is 25.7 Å². The van der Waals surface area contributed by atoms with Gasteiger partial charge in [0, 0.05) is 11.6 Å². The molecule has 0 unspecified atom stereocenters. The topological polar surface area (TPSA) is 70.7 Å². The van der Waals surface area contributed by atoms with Gasteiger partial charge < -0.3 is 15.6 Å². The fourth-order valence-corrected chi connectivity index (χ4v) is 1.67. The minimum Gasteiger partial charge on any atom is -0.595 e. The lowest BCUT2D eigenvalue weighted by atomic mass is 9.92. The van der Waals surface area contributed by atoms with Crippen LogP contribution >= 0.6 is 0 Å². The fraction of sp³-hybridized carbons (Fsp3) is 0.909. The normalized spacial score (nSPS) is 28.9. The zero-order valence-corrected chi connectivity index (χ0v) is 9.82. The highest BCUT2D eigenvalue weighted by Gasteiger charge is 2.17. The van der Waals surface area contributed by atoms with E-state index in [0.29, 0.717) is 0 Å². The molecule has 0 aliphatic heterocycles. The Morgan fingerprint density at radius 1 is 1.27 bits per heavy atom. The first kappa shape index (κ1) is 12.3. The summed E-state index contributed by atoms with van der Waals surface area (Å²) in [4.78, 5) is 4.04. The van der Waals surface area contributed by atoms with Crippen LogP contribution in [0.25, 0.3) is 0 Å². The molecular formula is C11H21N2O2-. The van der Waals surface area contributed by atoms with Crippen molar-refractivity contribution >= 4 is 6.08 Å². The van der Waals surface area contributed by atoms with Gasteiger partial charge in [-0.15, -0.1) is 0 Å². The molecule has 0 amide bonds. The minimum atomic E-state index is -0.453. The monoisotopic (exact) mass is 213 g/mol. The first-order chi connectivity index (χ1) is 6.87. The van der Waals surface area contributed by atoms with E-state index in [9.17, 15) is 5.11 Å². The molecule has 88 valence electrons. The molecule has 0 saturated heterocycles. The fourth-order valence-electron chi connectivity index (χ4n) is 1.67. The molecule has 4 nitrogen and oxygen atoms in total. The molecule has 0 radical (unpaired) electrons. The third kappa shape index (κ3) is 5.02. The Balaban J connectivity index is 2.41. The Kier molecular flexibility index (Phi) is 3.97. The second-order valence-corrected chi connectivity index (χ2v) is 5.18. The van der Waals surface area contributed by atoms with Gasteiger partial charge in [0.25, 0.3) is 0 Å². The maximum Gasteiger partial charge on any atom is 0.146 e. The van der Waals surface area contributed by atoms with E-state index in [2.05, 4.69) is 4.99 Å². The number of hydrogen-bond donors (Lipinski definition) is 1. The highest BCUT2D eigenvalue weighted by molar-refractivity contribution is 5.62. The lowest BCUT2D eigenvalue weighted by Gasteiger charge is -2.31. The van der Waals surface area contributed by atoms with Gasteiger partial charge in [-0.2, -0.15) is 0 Å². The zero-order chi connectivity index (χ0) is 11.5. The first-order valence-corrected chi connectivity index (χ1v) is 5.56. The van der Waals surface area contributed by atoms with Crippen LogP contribution in [-0.2, 0) is 4.74 Å². The number of hydrogen-bond acceptors (Lipinski definition) is 4. The Morgan fingerprint density at radius 3 is 2.27 bits per heavy atom. The lowest BCUT2D eigenvalue weighted by Crippen LogP contribution is -2.34. The van der Waals surface area contributed by atoms with Crippen LogP contribution in [0.2, 0.25) is 0 Å². The van der Waals surface area contributed by atoms with Crippen LogP contribution in [0.5, 0.6) is 0 Å². The van der Waals surface area contributed by atoms with Crippen LogP contribution in [0.3, 0.4) is 0 Å². The first-order valence-electron chi connectivity index (χ1n) is 5.56. The molecule has 0 aromatic carbocycles. The molecule has 0 heterocycles. The summed E-state index contributed by atoms with van der Waals surface area (Å²) in [6.07, 6.45) is 3.28. The van der Waals surface area contributed by atoms with E-state index in [0.717, 1.165) is 25.7 Å². The van der Waals surface area contributed by atoms with Gasteiger partial charge in [0.2, 0.25) is 0 Å². The van der Waals surface area contributed by atoms with Crippen molar-refractivity contribution in [3.8, 4) is 0 Å². The van der Waals surface area contributed by atoms with Gasteiger partial charge in [0.05, 0.1) is 6.04 Å². The highest BCUT2D eigenvalue weighted by Crippen LogP contribution is 2.20. The van der Waals surface area contributed by atoms with E-state index < -0.39 is 11.7 Å². The van der Waals surface area contributed by atoms with E-state index in [1.54, 1.807) is 0 Å². The second kappa shape index (κ2) is 4.84. The molecule has 0 aromatic heterocycles. The summed E-state index contributed by atoms with van der Waals surface area (Å²) >= 11 is 0. The maximum atomic E-state index is 11.4. The van der Waals surface area contributed by atoms with Gasteiger partial charge in [-0.1, -0.05) is 20.8 Å². The third-order valence-electron chi connectivity index (χ3n) is 2.42. The molecule has 1 aliphatic rings. The number of aliphatic imine (C=N–C) groups is 1. The van der Waals surface area contributed by atoms with Crippen molar-refractivity contribution in [3.63, 3.8) is 0 Å².